The molecule has 3 aromatic heterocycles. The lowest BCUT2D eigenvalue weighted by atomic mass is 10.1. The van der Waals surface area contributed by atoms with E-state index in [1.165, 1.54) is 27.6 Å². The number of amides is 1. The van der Waals surface area contributed by atoms with Crippen LogP contribution < -0.4 is 5.32 Å². The van der Waals surface area contributed by atoms with Crippen LogP contribution in [0.1, 0.15) is 43.8 Å². The summed E-state index contributed by atoms with van der Waals surface area (Å²) in [7, 11) is 1.98. The number of thiophene rings is 2. The number of para-hydroxylation sites is 2. The number of hydrogen-bond donors (Lipinski definition) is 1. The summed E-state index contributed by atoms with van der Waals surface area (Å²) in [5.74, 6) is 0.247. The molecule has 6 nitrogen and oxygen atoms in total. The van der Waals surface area contributed by atoms with Crippen LogP contribution in [0, 0.1) is 0 Å². The van der Waals surface area contributed by atoms with E-state index in [0.29, 0.717) is 22.0 Å². The highest BCUT2D eigenvalue weighted by atomic mass is 32.1. The Hall–Kier alpha value is -2.97. The van der Waals surface area contributed by atoms with Gasteiger partial charge in [-0.15, -0.1) is 22.7 Å². The highest BCUT2D eigenvalue weighted by Crippen LogP contribution is 2.40. The maximum Gasteiger partial charge on any atom is 0.341 e. The fourth-order valence-electron chi connectivity index (χ4n) is 4.02. The molecule has 1 amide bonds. The van der Waals surface area contributed by atoms with Crippen LogP contribution in [-0.4, -0.2) is 28.0 Å². The van der Waals surface area contributed by atoms with E-state index in [0.717, 1.165) is 46.6 Å². The van der Waals surface area contributed by atoms with Gasteiger partial charge in [0.2, 0.25) is 0 Å². The average Bonchev–Trinajstić information content (AvgIpc) is 3.51. The van der Waals surface area contributed by atoms with Crippen LogP contribution in [0.5, 0.6) is 0 Å². The summed E-state index contributed by atoms with van der Waals surface area (Å²) < 4.78 is 7.28. The maximum absolute atomic E-state index is 13.0. The Kier molecular flexibility index (Phi) is 5.11. The summed E-state index contributed by atoms with van der Waals surface area (Å²) in [6.07, 6.45) is 2.83. The molecule has 0 bridgehead atoms. The topological polar surface area (TPSA) is 73.2 Å². The van der Waals surface area contributed by atoms with Gasteiger partial charge >= 0.3 is 5.97 Å². The minimum absolute atomic E-state index is 0.222. The van der Waals surface area contributed by atoms with E-state index in [4.69, 9.17) is 9.72 Å². The van der Waals surface area contributed by atoms with Crippen molar-refractivity contribution >= 4 is 50.6 Å². The van der Waals surface area contributed by atoms with Gasteiger partial charge in [-0.3, -0.25) is 4.79 Å². The molecule has 5 rings (SSSR count). The number of benzene rings is 1. The second-order valence-electron chi connectivity index (χ2n) is 7.38. The van der Waals surface area contributed by atoms with Gasteiger partial charge in [-0.1, -0.05) is 12.1 Å². The van der Waals surface area contributed by atoms with Gasteiger partial charge in [0.1, 0.15) is 5.00 Å². The van der Waals surface area contributed by atoms with Crippen molar-refractivity contribution in [1.29, 1.82) is 0 Å². The number of rotatable bonds is 5. The first-order valence-corrected chi connectivity index (χ1v) is 11.8. The number of aromatic nitrogens is 2. The van der Waals surface area contributed by atoms with Crippen LogP contribution in [0.25, 0.3) is 21.7 Å². The van der Waals surface area contributed by atoms with E-state index in [-0.39, 0.29) is 11.9 Å². The molecule has 0 radical (unpaired) electrons. The van der Waals surface area contributed by atoms with Crippen LogP contribution in [0.2, 0.25) is 0 Å². The van der Waals surface area contributed by atoms with Crippen molar-refractivity contribution < 1.29 is 14.3 Å². The van der Waals surface area contributed by atoms with Gasteiger partial charge in [0, 0.05) is 11.9 Å². The number of carbonyl (C=O) groups excluding carboxylic acids is 2. The molecule has 1 N–H and O–H groups in total. The van der Waals surface area contributed by atoms with E-state index in [1.807, 2.05) is 41.9 Å². The van der Waals surface area contributed by atoms with Gasteiger partial charge in [-0.2, -0.15) is 0 Å². The molecule has 0 aliphatic heterocycles. The zero-order valence-electron chi connectivity index (χ0n) is 17.2. The summed E-state index contributed by atoms with van der Waals surface area (Å²) in [6.45, 7) is 2.10. The maximum atomic E-state index is 13.0. The fourth-order valence-corrected chi connectivity index (χ4v) is 6.22. The van der Waals surface area contributed by atoms with Gasteiger partial charge in [0.15, 0.2) is 5.82 Å². The standard InChI is InChI=1S/C23H21N3O3S2/c1-3-29-23(28)19-13-7-6-10-16(13)31-22(19)25-21(27)18-12-11-17(30-18)20-24-14-8-4-5-9-15(14)26(20)2/h4-5,8-9,11-12H,3,6-7,10H2,1-2H3,(H,25,27). The SMILES string of the molecule is CCOC(=O)c1c(NC(=O)c2ccc(-c3nc4ccccc4n3C)s2)sc2c1CCC2. The molecule has 1 aliphatic carbocycles. The van der Waals surface area contributed by atoms with Crippen molar-refractivity contribution in [2.24, 2.45) is 7.05 Å². The van der Waals surface area contributed by atoms with Crippen LogP contribution >= 0.6 is 22.7 Å². The number of hydrogen-bond acceptors (Lipinski definition) is 6. The molecule has 8 heteroatoms. The minimum Gasteiger partial charge on any atom is -0.462 e. The summed E-state index contributed by atoms with van der Waals surface area (Å²) in [5.41, 5.74) is 3.53. The molecular weight excluding hydrogens is 430 g/mol. The van der Waals surface area contributed by atoms with Crippen molar-refractivity contribution in [3.8, 4) is 10.7 Å². The van der Waals surface area contributed by atoms with Crippen LogP contribution in [0.3, 0.4) is 0 Å². The number of carbonyl (C=O) groups is 2. The van der Waals surface area contributed by atoms with Crippen molar-refractivity contribution in [3.63, 3.8) is 0 Å². The van der Waals surface area contributed by atoms with E-state index in [1.54, 1.807) is 13.0 Å². The van der Waals surface area contributed by atoms with Crippen LogP contribution in [0.15, 0.2) is 36.4 Å². The molecule has 0 unspecified atom stereocenters. The molecule has 0 fully saturated rings. The van der Waals surface area contributed by atoms with Crippen molar-refractivity contribution in [2.45, 2.75) is 26.2 Å². The van der Waals surface area contributed by atoms with E-state index in [9.17, 15) is 9.59 Å². The molecule has 1 aromatic carbocycles. The van der Waals surface area contributed by atoms with Gasteiger partial charge < -0.3 is 14.6 Å². The summed E-state index contributed by atoms with van der Waals surface area (Å²) >= 11 is 2.88. The molecule has 3 heterocycles. The number of nitrogens with zero attached hydrogens (tertiary/aromatic N) is 2. The Balaban J connectivity index is 1.43. The first-order chi connectivity index (χ1) is 15.1. The van der Waals surface area contributed by atoms with Crippen molar-refractivity contribution in [1.82, 2.24) is 9.55 Å². The molecule has 0 saturated carbocycles. The second kappa shape index (κ2) is 7.94. The third kappa shape index (κ3) is 3.45. The van der Waals surface area contributed by atoms with Crippen molar-refractivity contribution in [3.05, 3.63) is 57.3 Å². The monoisotopic (exact) mass is 451 g/mol. The Morgan fingerprint density at radius 3 is 2.81 bits per heavy atom. The minimum atomic E-state index is -0.358. The number of esters is 1. The first-order valence-electron chi connectivity index (χ1n) is 10.2. The predicted octanol–water partition coefficient (Wildman–Crippen LogP) is 5.28. The van der Waals surface area contributed by atoms with E-state index in [2.05, 4.69) is 5.32 Å². The van der Waals surface area contributed by atoms with Gasteiger partial charge in [0.25, 0.3) is 5.91 Å². The Labute approximate surface area is 187 Å². The highest BCUT2D eigenvalue weighted by Gasteiger charge is 2.28. The third-order valence-corrected chi connectivity index (χ3v) is 7.75. The first kappa shape index (κ1) is 20.0. The Bertz CT molecular complexity index is 1320. The second-order valence-corrected chi connectivity index (χ2v) is 9.57. The quantitative estimate of drug-likeness (QED) is 0.419. The van der Waals surface area contributed by atoms with Crippen LogP contribution in [-0.2, 0) is 24.6 Å². The van der Waals surface area contributed by atoms with Crippen molar-refractivity contribution in [2.75, 3.05) is 11.9 Å². The van der Waals surface area contributed by atoms with Gasteiger partial charge in [-0.25, -0.2) is 9.78 Å². The number of fused-ring (bicyclic) bond motifs is 2. The lowest BCUT2D eigenvalue weighted by molar-refractivity contribution is 0.0527. The lowest BCUT2D eigenvalue weighted by Gasteiger charge is -2.07. The number of aryl methyl sites for hydroxylation is 2. The summed E-state index contributed by atoms with van der Waals surface area (Å²) in [5, 5.41) is 3.55. The highest BCUT2D eigenvalue weighted by molar-refractivity contribution is 7.18. The Morgan fingerprint density at radius 1 is 1.16 bits per heavy atom. The zero-order valence-corrected chi connectivity index (χ0v) is 18.9. The number of ether oxygens (including phenoxy) is 1. The van der Waals surface area contributed by atoms with Gasteiger partial charge in [-0.05, 0) is 56.0 Å². The lowest BCUT2D eigenvalue weighted by Crippen LogP contribution is -2.14. The average molecular weight is 452 g/mol. The van der Waals surface area contributed by atoms with E-state index >= 15 is 0 Å². The number of anilines is 1. The number of imidazole rings is 1. The molecule has 158 valence electrons. The molecule has 1 aliphatic rings. The normalized spacial score (nSPS) is 12.8. The largest absolute Gasteiger partial charge is 0.462 e. The molecule has 0 spiro atoms. The molecular formula is C23H21N3O3S2. The summed E-state index contributed by atoms with van der Waals surface area (Å²) in [6, 6.07) is 11.7. The third-order valence-electron chi connectivity index (χ3n) is 5.47. The number of nitrogens with one attached hydrogen (secondary N) is 1. The molecule has 31 heavy (non-hydrogen) atoms. The van der Waals surface area contributed by atoms with E-state index < -0.39 is 0 Å². The fraction of sp³-hybridized carbons (Fsp3) is 0.261. The smallest absolute Gasteiger partial charge is 0.341 e. The molecule has 4 aromatic rings. The zero-order chi connectivity index (χ0) is 21.5. The Morgan fingerprint density at radius 2 is 2.00 bits per heavy atom. The predicted molar refractivity (Wildman–Crippen MR) is 124 cm³/mol. The molecule has 0 saturated heterocycles. The molecule has 0 atom stereocenters. The van der Waals surface area contributed by atoms with Crippen LogP contribution in [0.4, 0.5) is 5.00 Å². The summed E-state index contributed by atoms with van der Waals surface area (Å²) in [4.78, 5) is 32.9. The van der Waals surface area contributed by atoms with Gasteiger partial charge in [0.05, 0.1) is 33.0 Å².